The highest BCUT2D eigenvalue weighted by Gasteiger charge is 2.23. The Balaban J connectivity index is 2.10. The molecule has 0 atom stereocenters. The van der Waals surface area contributed by atoms with Gasteiger partial charge in [-0.25, -0.2) is 9.78 Å². The number of esters is 1. The molecule has 15 heavy (non-hydrogen) atoms. The molecule has 1 aromatic rings. The van der Waals surface area contributed by atoms with Gasteiger partial charge < -0.3 is 4.74 Å². The topological polar surface area (TPSA) is 39.2 Å². The second-order valence-electron chi connectivity index (χ2n) is 3.43. The minimum atomic E-state index is -0.422. The fourth-order valence-electron chi connectivity index (χ4n) is 1.27. The van der Waals surface area contributed by atoms with Crippen molar-refractivity contribution in [1.82, 2.24) is 4.98 Å². The lowest BCUT2D eigenvalue weighted by atomic mass is 9.96. The van der Waals surface area contributed by atoms with E-state index in [2.05, 4.69) is 4.98 Å². The monoisotopic (exact) mass is 245 g/mol. The minimum absolute atomic E-state index is 0.0456. The summed E-state index contributed by atoms with van der Waals surface area (Å²) in [7, 11) is 0. The minimum Gasteiger partial charge on any atom is -0.459 e. The SMILES string of the molecule is O=C(OC1CCC1)c1ccc(Cl)nc1Cl. The Morgan fingerprint density at radius 2 is 2.13 bits per heavy atom. The van der Waals surface area contributed by atoms with Crippen molar-refractivity contribution in [3.8, 4) is 0 Å². The highest BCUT2D eigenvalue weighted by Crippen LogP contribution is 2.25. The number of ether oxygens (including phenoxy) is 1. The summed E-state index contributed by atoms with van der Waals surface area (Å²) in [5, 5.41) is 0.354. The van der Waals surface area contributed by atoms with Gasteiger partial charge in [0, 0.05) is 0 Å². The summed E-state index contributed by atoms with van der Waals surface area (Å²) in [5.74, 6) is -0.422. The van der Waals surface area contributed by atoms with Crippen LogP contribution in [-0.4, -0.2) is 17.1 Å². The third-order valence-corrected chi connectivity index (χ3v) is 2.86. The number of carbonyl (C=O) groups excluding carboxylic acids is 1. The van der Waals surface area contributed by atoms with Gasteiger partial charge in [0.2, 0.25) is 0 Å². The zero-order chi connectivity index (χ0) is 10.8. The molecule has 0 aliphatic heterocycles. The Bertz CT molecular complexity index is 391. The lowest BCUT2D eigenvalue weighted by Crippen LogP contribution is -2.25. The molecule has 0 amide bonds. The molecule has 3 nitrogen and oxygen atoms in total. The van der Waals surface area contributed by atoms with Gasteiger partial charge in [0.05, 0.1) is 5.56 Å². The Morgan fingerprint density at radius 3 is 2.67 bits per heavy atom. The van der Waals surface area contributed by atoms with E-state index in [9.17, 15) is 4.79 Å². The van der Waals surface area contributed by atoms with Gasteiger partial charge in [-0.3, -0.25) is 0 Å². The van der Waals surface area contributed by atoms with Gasteiger partial charge in [-0.05, 0) is 31.4 Å². The highest BCUT2D eigenvalue weighted by atomic mass is 35.5. The Morgan fingerprint density at radius 1 is 1.40 bits per heavy atom. The zero-order valence-electron chi connectivity index (χ0n) is 7.87. The van der Waals surface area contributed by atoms with E-state index in [-0.39, 0.29) is 22.0 Å². The molecular formula is C10H9Cl2NO2. The van der Waals surface area contributed by atoms with Crippen LogP contribution in [0.1, 0.15) is 29.6 Å². The van der Waals surface area contributed by atoms with E-state index in [1.807, 2.05) is 0 Å². The predicted octanol–water partition coefficient (Wildman–Crippen LogP) is 3.10. The average molecular weight is 246 g/mol. The number of halogens is 2. The lowest BCUT2D eigenvalue weighted by Gasteiger charge is -2.25. The molecule has 1 aromatic heterocycles. The first-order valence-corrected chi connectivity index (χ1v) is 5.45. The van der Waals surface area contributed by atoms with Gasteiger partial charge in [0.25, 0.3) is 0 Å². The molecular weight excluding hydrogens is 237 g/mol. The van der Waals surface area contributed by atoms with Gasteiger partial charge in [0.15, 0.2) is 0 Å². The summed E-state index contributed by atoms with van der Waals surface area (Å²) < 4.78 is 5.19. The van der Waals surface area contributed by atoms with E-state index in [0.29, 0.717) is 0 Å². The largest absolute Gasteiger partial charge is 0.459 e. The van der Waals surface area contributed by atoms with Crippen LogP contribution in [0.25, 0.3) is 0 Å². The van der Waals surface area contributed by atoms with Crippen molar-refractivity contribution in [2.75, 3.05) is 0 Å². The van der Waals surface area contributed by atoms with Crippen LogP contribution in [-0.2, 0) is 4.74 Å². The van der Waals surface area contributed by atoms with Crippen LogP contribution in [0, 0.1) is 0 Å². The number of rotatable bonds is 2. The molecule has 0 saturated heterocycles. The molecule has 0 spiro atoms. The standard InChI is InChI=1S/C10H9Cl2NO2/c11-8-5-4-7(9(12)13-8)10(14)15-6-2-1-3-6/h4-6H,1-3H2. The Labute approximate surface area is 97.4 Å². The first-order chi connectivity index (χ1) is 7.16. The van der Waals surface area contributed by atoms with Crippen LogP contribution >= 0.6 is 23.2 Å². The first kappa shape index (κ1) is 10.7. The molecule has 5 heteroatoms. The summed E-state index contributed by atoms with van der Waals surface area (Å²) in [6.45, 7) is 0. The summed E-state index contributed by atoms with van der Waals surface area (Å²) in [4.78, 5) is 15.4. The smallest absolute Gasteiger partial charge is 0.341 e. The summed E-state index contributed by atoms with van der Waals surface area (Å²) >= 11 is 11.4. The third kappa shape index (κ3) is 2.41. The Hall–Kier alpha value is -0.800. The normalized spacial score (nSPS) is 15.9. The van der Waals surface area contributed by atoms with E-state index in [1.54, 1.807) is 0 Å². The number of hydrogen-bond donors (Lipinski definition) is 0. The first-order valence-electron chi connectivity index (χ1n) is 4.70. The molecule has 1 aliphatic carbocycles. The van der Waals surface area contributed by atoms with Crippen molar-refractivity contribution in [2.45, 2.75) is 25.4 Å². The molecule has 0 radical (unpaired) electrons. The molecule has 1 aliphatic rings. The van der Waals surface area contributed by atoms with Crippen molar-refractivity contribution < 1.29 is 9.53 Å². The van der Waals surface area contributed by atoms with Gasteiger partial charge in [-0.1, -0.05) is 23.2 Å². The number of hydrogen-bond acceptors (Lipinski definition) is 3. The van der Waals surface area contributed by atoms with Crippen LogP contribution in [0.15, 0.2) is 12.1 Å². The van der Waals surface area contributed by atoms with Crippen molar-refractivity contribution in [1.29, 1.82) is 0 Å². The number of aromatic nitrogens is 1. The van der Waals surface area contributed by atoms with E-state index >= 15 is 0 Å². The number of carbonyl (C=O) groups is 1. The fourth-order valence-corrected chi connectivity index (χ4v) is 1.69. The lowest BCUT2D eigenvalue weighted by molar-refractivity contribution is 0.00899. The van der Waals surface area contributed by atoms with Crippen molar-refractivity contribution in [3.63, 3.8) is 0 Å². The maximum Gasteiger partial charge on any atom is 0.341 e. The van der Waals surface area contributed by atoms with Gasteiger partial charge in [0.1, 0.15) is 16.4 Å². The van der Waals surface area contributed by atoms with Gasteiger partial charge >= 0.3 is 5.97 Å². The maximum absolute atomic E-state index is 11.6. The average Bonchev–Trinajstić information content (AvgIpc) is 2.11. The number of nitrogens with zero attached hydrogens (tertiary/aromatic N) is 1. The van der Waals surface area contributed by atoms with E-state index in [0.717, 1.165) is 19.3 Å². The molecule has 0 aromatic carbocycles. The van der Waals surface area contributed by atoms with Crippen LogP contribution in [0.3, 0.4) is 0 Å². The van der Waals surface area contributed by atoms with Crippen molar-refractivity contribution in [2.24, 2.45) is 0 Å². The van der Waals surface area contributed by atoms with Crippen LogP contribution in [0.4, 0.5) is 0 Å². The molecule has 80 valence electrons. The maximum atomic E-state index is 11.6. The second kappa shape index (κ2) is 4.37. The predicted molar refractivity (Wildman–Crippen MR) is 57.3 cm³/mol. The van der Waals surface area contributed by atoms with Crippen LogP contribution in [0.2, 0.25) is 10.3 Å². The van der Waals surface area contributed by atoms with Crippen molar-refractivity contribution in [3.05, 3.63) is 28.0 Å². The molecule has 2 rings (SSSR count). The van der Waals surface area contributed by atoms with E-state index < -0.39 is 5.97 Å². The van der Waals surface area contributed by atoms with Gasteiger partial charge in [-0.2, -0.15) is 0 Å². The number of pyridine rings is 1. The quantitative estimate of drug-likeness (QED) is 0.594. The molecule has 0 unspecified atom stereocenters. The second-order valence-corrected chi connectivity index (χ2v) is 4.18. The van der Waals surface area contributed by atoms with Crippen molar-refractivity contribution >= 4 is 29.2 Å². The highest BCUT2D eigenvalue weighted by molar-refractivity contribution is 6.34. The van der Waals surface area contributed by atoms with Crippen LogP contribution < -0.4 is 0 Å². The summed E-state index contributed by atoms with van der Waals surface area (Å²) in [5.41, 5.74) is 0.271. The molecule has 1 heterocycles. The molecule has 1 saturated carbocycles. The van der Waals surface area contributed by atoms with Gasteiger partial charge in [-0.15, -0.1) is 0 Å². The summed E-state index contributed by atoms with van der Waals surface area (Å²) in [6.07, 6.45) is 3.03. The summed E-state index contributed by atoms with van der Waals surface area (Å²) in [6, 6.07) is 3.05. The molecule has 0 bridgehead atoms. The fraction of sp³-hybridized carbons (Fsp3) is 0.400. The van der Waals surface area contributed by atoms with E-state index in [4.69, 9.17) is 27.9 Å². The van der Waals surface area contributed by atoms with Crippen LogP contribution in [0.5, 0.6) is 0 Å². The molecule has 0 N–H and O–H groups in total. The Kier molecular flexibility index (Phi) is 3.12. The third-order valence-electron chi connectivity index (χ3n) is 2.36. The van der Waals surface area contributed by atoms with E-state index in [1.165, 1.54) is 12.1 Å². The zero-order valence-corrected chi connectivity index (χ0v) is 9.38. The molecule has 1 fully saturated rings.